The van der Waals surface area contributed by atoms with Gasteiger partial charge in [-0.05, 0) is 18.1 Å². The monoisotopic (exact) mass is 276 g/mol. The van der Waals surface area contributed by atoms with Gasteiger partial charge in [-0.2, -0.15) is 0 Å². The normalized spacial score (nSPS) is 11.5. The van der Waals surface area contributed by atoms with Crippen molar-refractivity contribution in [3.8, 4) is 5.88 Å². The van der Waals surface area contributed by atoms with Gasteiger partial charge in [0.1, 0.15) is 4.88 Å². The molecule has 0 atom stereocenters. The van der Waals surface area contributed by atoms with Crippen LogP contribution in [0.15, 0.2) is 40.1 Å². The van der Waals surface area contributed by atoms with Crippen LogP contribution in [0.4, 0.5) is 5.69 Å². The van der Waals surface area contributed by atoms with E-state index in [4.69, 9.17) is 0 Å². The molecule has 0 aliphatic carbocycles. The molecule has 2 rings (SSSR count). The van der Waals surface area contributed by atoms with Crippen molar-refractivity contribution >= 4 is 23.2 Å². The zero-order valence-corrected chi connectivity index (χ0v) is 11.7. The minimum atomic E-state index is -0.152. The zero-order chi connectivity index (χ0) is 13.8. The maximum Gasteiger partial charge on any atom is 0.310 e. The van der Waals surface area contributed by atoms with E-state index in [-0.39, 0.29) is 10.8 Å². The fraction of sp³-hybridized carbons (Fsp3) is 0.286. The molecular weight excluding hydrogens is 260 g/mol. The second-order valence-corrected chi connectivity index (χ2v) is 5.65. The van der Waals surface area contributed by atoms with Crippen LogP contribution >= 0.6 is 11.3 Å². The molecule has 19 heavy (non-hydrogen) atoms. The van der Waals surface area contributed by atoms with Crippen LogP contribution in [0.5, 0.6) is 5.88 Å². The van der Waals surface area contributed by atoms with Gasteiger partial charge in [0.2, 0.25) is 5.88 Å². The molecule has 1 N–H and O–H groups in total. The third kappa shape index (κ3) is 3.32. The molecule has 0 fully saturated rings. The molecule has 0 radical (unpaired) electrons. The summed E-state index contributed by atoms with van der Waals surface area (Å²) in [5.41, 5.74) is 0.790. The molecule has 2 aromatic rings. The molecule has 100 valence electrons. The molecule has 5 heteroatoms. The van der Waals surface area contributed by atoms with Crippen molar-refractivity contribution in [3.05, 3.63) is 44.9 Å². The first kappa shape index (κ1) is 13.5. The van der Waals surface area contributed by atoms with Crippen molar-refractivity contribution in [2.24, 2.45) is 10.9 Å². The number of aromatic nitrogens is 1. The number of benzene rings is 1. The van der Waals surface area contributed by atoms with E-state index in [1.54, 1.807) is 0 Å². The van der Waals surface area contributed by atoms with Crippen molar-refractivity contribution in [1.29, 1.82) is 0 Å². The molecule has 1 aromatic heterocycles. The number of rotatable bonds is 4. The Balaban J connectivity index is 2.27. The number of aliphatic imine (C=N–C) groups is 1. The van der Waals surface area contributed by atoms with E-state index < -0.39 is 0 Å². The second-order valence-electron chi connectivity index (χ2n) is 4.65. The van der Waals surface area contributed by atoms with E-state index in [0.29, 0.717) is 17.3 Å². The summed E-state index contributed by atoms with van der Waals surface area (Å²) < 4.78 is 1.39. The molecule has 0 bridgehead atoms. The molecule has 0 amide bonds. The molecule has 1 aromatic carbocycles. The lowest BCUT2D eigenvalue weighted by Gasteiger charge is -2.05. The van der Waals surface area contributed by atoms with E-state index in [1.165, 1.54) is 10.8 Å². The van der Waals surface area contributed by atoms with E-state index in [9.17, 15) is 9.90 Å². The van der Waals surface area contributed by atoms with Crippen LogP contribution in [0.25, 0.3) is 0 Å². The summed E-state index contributed by atoms with van der Waals surface area (Å²) in [6.07, 6.45) is 1.54. The van der Waals surface area contributed by atoms with Gasteiger partial charge < -0.3 is 5.11 Å². The molecule has 0 saturated carbocycles. The van der Waals surface area contributed by atoms with Gasteiger partial charge >= 0.3 is 4.87 Å². The summed E-state index contributed by atoms with van der Waals surface area (Å²) in [4.78, 5) is 16.4. The van der Waals surface area contributed by atoms with Crippen molar-refractivity contribution in [3.63, 3.8) is 0 Å². The van der Waals surface area contributed by atoms with Gasteiger partial charge in [0.05, 0.1) is 11.9 Å². The van der Waals surface area contributed by atoms with E-state index in [0.717, 1.165) is 17.0 Å². The molecule has 4 nitrogen and oxygen atoms in total. The Morgan fingerprint density at radius 2 is 2.05 bits per heavy atom. The number of nitrogens with zero attached hydrogens (tertiary/aromatic N) is 2. The van der Waals surface area contributed by atoms with Crippen LogP contribution < -0.4 is 4.87 Å². The van der Waals surface area contributed by atoms with Crippen LogP contribution in [0.2, 0.25) is 0 Å². The van der Waals surface area contributed by atoms with Gasteiger partial charge in [-0.1, -0.05) is 43.4 Å². The Kier molecular flexibility index (Phi) is 4.16. The minimum Gasteiger partial charge on any atom is -0.493 e. The van der Waals surface area contributed by atoms with E-state index in [2.05, 4.69) is 4.99 Å². The highest BCUT2D eigenvalue weighted by Gasteiger charge is 2.13. The van der Waals surface area contributed by atoms with Gasteiger partial charge in [0.15, 0.2) is 0 Å². The maximum atomic E-state index is 11.8. The Morgan fingerprint density at radius 3 is 2.68 bits per heavy atom. The molecule has 0 unspecified atom stereocenters. The smallest absolute Gasteiger partial charge is 0.310 e. The van der Waals surface area contributed by atoms with Crippen LogP contribution in [0.1, 0.15) is 18.7 Å². The zero-order valence-electron chi connectivity index (χ0n) is 10.9. The third-order valence-electron chi connectivity index (χ3n) is 2.53. The standard InChI is InChI=1S/C14H16N2O2S/c1-10(2)9-16-13(17)12(19-14(16)18)8-15-11-6-4-3-5-7-11/h3-8,10,17H,9H2,1-2H3. The summed E-state index contributed by atoms with van der Waals surface area (Å²) in [5.74, 6) is 0.306. The number of aromatic hydroxyl groups is 1. The molecule has 1 heterocycles. The van der Waals surface area contributed by atoms with Gasteiger partial charge in [-0.3, -0.25) is 14.4 Å². The SMILES string of the molecule is CC(C)Cn1c(O)c(C=Nc2ccccc2)sc1=O. The predicted octanol–water partition coefficient (Wildman–Crippen LogP) is 3.02. The van der Waals surface area contributed by atoms with E-state index >= 15 is 0 Å². The lowest BCUT2D eigenvalue weighted by Crippen LogP contribution is -2.15. The number of hydrogen-bond acceptors (Lipinski definition) is 4. The Bertz CT molecular complexity index is 627. The van der Waals surface area contributed by atoms with Gasteiger partial charge in [0, 0.05) is 6.54 Å². The first-order valence-corrected chi connectivity index (χ1v) is 6.91. The molecule has 0 spiro atoms. The van der Waals surface area contributed by atoms with Crippen LogP contribution in [0.3, 0.4) is 0 Å². The first-order chi connectivity index (χ1) is 9.08. The molecule has 0 aliphatic rings. The minimum absolute atomic E-state index is 0.00313. The summed E-state index contributed by atoms with van der Waals surface area (Å²) in [6, 6.07) is 9.41. The molecular formula is C14H16N2O2S. The Hall–Kier alpha value is -1.88. The van der Waals surface area contributed by atoms with Crippen molar-refractivity contribution in [2.75, 3.05) is 0 Å². The highest BCUT2D eigenvalue weighted by molar-refractivity contribution is 7.11. The van der Waals surface area contributed by atoms with Gasteiger partial charge in [-0.25, -0.2) is 0 Å². The first-order valence-electron chi connectivity index (χ1n) is 6.09. The summed E-state index contributed by atoms with van der Waals surface area (Å²) in [5, 5.41) is 10.0. The van der Waals surface area contributed by atoms with Gasteiger partial charge in [0.25, 0.3) is 0 Å². The van der Waals surface area contributed by atoms with Crippen LogP contribution in [-0.4, -0.2) is 15.9 Å². The van der Waals surface area contributed by atoms with Crippen molar-refractivity contribution in [2.45, 2.75) is 20.4 Å². The molecule has 0 saturated heterocycles. The quantitative estimate of drug-likeness (QED) is 0.873. The van der Waals surface area contributed by atoms with Gasteiger partial charge in [-0.15, -0.1) is 0 Å². The number of para-hydroxylation sites is 1. The van der Waals surface area contributed by atoms with Crippen molar-refractivity contribution in [1.82, 2.24) is 4.57 Å². The average Bonchev–Trinajstić information content (AvgIpc) is 2.65. The average molecular weight is 276 g/mol. The number of hydrogen-bond donors (Lipinski definition) is 1. The Labute approximate surface area is 115 Å². The summed E-state index contributed by atoms with van der Waals surface area (Å²) >= 11 is 1.01. The fourth-order valence-corrected chi connectivity index (χ4v) is 2.44. The van der Waals surface area contributed by atoms with Crippen molar-refractivity contribution < 1.29 is 5.11 Å². The predicted molar refractivity (Wildman–Crippen MR) is 78.8 cm³/mol. The Morgan fingerprint density at radius 1 is 1.37 bits per heavy atom. The highest BCUT2D eigenvalue weighted by Crippen LogP contribution is 2.20. The second kappa shape index (κ2) is 5.84. The lowest BCUT2D eigenvalue weighted by atomic mass is 10.2. The fourth-order valence-electron chi connectivity index (χ4n) is 1.67. The highest BCUT2D eigenvalue weighted by atomic mass is 32.1. The van der Waals surface area contributed by atoms with Crippen LogP contribution in [0, 0.1) is 5.92 Å². The summed E-state index contributed by atoms with van der Waals surface area (Å²) in [6.45, 7) is 4.52. The largest absolute Gasteiger partial charge is 0.493 e. The topological polar surface area (TPSA) is 54.6 Å². The lowest BCUT2D eigenvalue weighted by molar-refractivity contribution is 0.389. The van der Waals surface area contributed by atoms with Crippen LogP contribution in [-0.2, 0) is 6.54 Å². The van der Waals surface area contributed by atoms with E-state index in [1.807, 2.05) is 44.2 Å². The third-order valence-corrected chi connectivity index (χ3v) is 3.43. The molecule has 0 aliphatic heterocycles. The maximum absolute atomic E-state index is 11.8. The summed E-state index contributed by atoms with van der Waals surface area (Å²) in [7, 11) is 0. The number of thiazole rings is 1.